The second kappa shape index (κ2) is 8.14. The SMILES string of the molecule is CN(C(=O)Cn1ccc(=O)[nH]c1=O)[C@H]1CCCN(Cc2ccccc2)C1. The Morgan fingerprint density at radius 1 is 1.23 bits per heavy atom. The number of piperidine rings is 1. The molecule has 2 aromatic rings. The average Bonchev–Trinajstić information content (AvgIpc) is 2.64. The van der Waals surface area contributed by atoms with Crippen LogP contribution in [0.25, 0.3) is 0 Å². The molecule has 1 atom stereocenters. The van der Waals surface area contributed by atoms with E-state index in [1.54, 1.807) is 11.9 Å². The Balaban J connectivity index is 1.61. The number of nitrogens with zero attached hydrogens (tertiary/aromatic N) is 3. The number of benzene rings is 1. The van der Waals surface area contributed by atoms with Crippen molar-refractivity contribution in [1.29, 1.82) is 0 Å². The van der Waals surface area contributed by atoms with E-state index in [0.29, 0.717) is 0 Å². The van der Waals surface area contributed by atoms with E-state index in [4.69, 9.17) is 0 Å². The summed E-state index contributed by atoms with van der Waals surface area (Å²) >= 11 is 0. The highest BCUT2D eigenvalue weighted by Crippen LogP contribution is 2.17. The number of rotatable bonds is 5. The smallest absolute Gasteiger partial charge is 0.328 e. The van der Waals surface area contributed by atoms with Gasteiger partial charge in [-0.25, -0.2) is 4.79 Å². The highest BCUT2D eigenvalue weighted by molar-refractivity contribution is 5.76. The van der Waals surface area contributed by atoms with Crippen molar-refractivity contribution in [3.63, 3.8) is 0 Å². The predicted molar refractivity (Wildman–Crippen MR) is 98.8 cm³/mol. The van der Waals surface area contributed by atoms with Crippen LogP contribution in [0.15, 0.2) is 52.2 Å². The molecule has 2 heterocycles. The Bertz CT molecular complexity index is 859. The zero-order chi connectivity index (χ0) is 18.5. The molecule has 0 unspecified atom stereocenters. The quantitative estimate of drug-likeness (QED) is 0.854. The molecule has 0 aliphatic carbocycles. The Labute approximate surface area is 151 Å². The summed E-state index contributed by atoms with van der Waals surface area (Å²) in [6, 6.07) is 11.7. The van der Waals surface area contributed by atoms with E-state index in [2.05, 4.69) is 22.0 Å². The molecule has 7 heteroatoms. The summed E-state index contributed by atoms with van der Waals surface area (Å²) in [5.74, 6) is -0.134. The minimum Gasteiger partial charge on any atom is -0.340 e. The molecule has 26 heavy (non-hydrogen) atoms. The van der Waals surface area contributed by atoms with Gasteiger partial charge in [-0.15, -0.1) is 0 Å². The number of hydrogen-bond acceptors (Lipinski definition) is 4. The number of nitrogens with one attached hydrogen (secondary N) is 1. The van der Waals surface area contributed by atoms with E-state index in [9.17, 15) is 14.4 Å². The van der Waals surface area contributed by atoms with E-state index < -0.39 is 11.2 Å². The second-order valence-corrected chi connectivity index (χ2v) is 6.76. The lowest BCUT2D eigenvalue weighted by Gasteiger charge is -2.37. The van der Waals surface area contributed by atoms with Gasteiger partial charge in [0.25, 0.3) is 5.56 Å². The van der Waals surface area contributed by atoms with Crippen LogP contribution in [0, 0.1) is 0 Å². The third kappa shape index (κ3) is 4.49. The number of amides is 1. The van der Waals surface area contributed by atoms with Gasteiger partial charge < -0.3 is 4.90 Å². The van der Waals surface area contributed by atoms with Crippen LogP contribution in [0.1, 0.15) is 18.4 Å². The Morgan fingerprint density at radius 3 is 2.73 bits per heavy atom. The molecule has 1 saturated heterocycles. The molecule has 1 aromatic carbocycles. The standard InChI is InChI=1S/C19H24N4O3/c1-21(18(25)14-23-11-9-17(24)20-19(23)26)16-8-5-10-22(13-16)12-15-6-3-2-4-7-15/h2-4,6-7,9,11,16H,5,8,10,12-14H2,1H3,(H,20,24,26)/t16-/m0/s1. The monoisotopic (exact) mass is 356 g/mol. The maximum atomic E-state index is 12.6. The van der Waals surface area contributed by atoms with Gasteiger partial charge in [-0.1, -0.05) is 30.3 Å². The third-order valence-electron chi connectivity index (χ3n) is 4.87. The van der Waals surface area contributed by atoms with Crippen LogP contribution in [0.3, 0.4) is 0 Å². The summed E-state index contributed by atoms with van der Waals surface area (Å²) in [7, 11) is 1.79. The predicted octanol–water partition coefficient (Wildman–Crippen LogP) is 0.660. The van der Waals surface area contributed by atoms with Gasteiger partial charge in [0.05, 0.1) is 0 Å². The van der Waals surface area contributed by atoms with Gasteiger partial charge >= 0.3 is 5.69 Å². The fourth-order valence-electron chi connectivity index (χ4n) is 3.36. The van der Waals surface area contributed by atoms with Gasteiger partial charge in [0, 0.05) is 38.4 Å². The summed E-state index contributed by atoms with van der Waals surface area (Å²) < 4.78 is 1.23. The normalized spacial score (nSPS) is 17.8. The van der Waals surface area contributed by atoms with Crippen molar-refractivity contribution < 1.29 is 4.79 Å². The van der Waals surface area contributed by atoms with Gasteiger partial charge in [0.1, 0.15) is 6.54 Å². The van der Waals surface area contributed by atoms with Crippen molar-refractivity contribution in [2.45, 2.75) is 32.0 Å². The molecule has 3 rings (SSSR count). The molecule has 1 fully saturated rings. The number of aromatic amines is 1. The number of carbonyl (C=O) groups is 1. The van der Waals surface area contributed by atoms with Crippen LogP contribution in [0.4, 0.5) is 0 Å². The summed E-state index contributed by atoms with van der Waals surface area (Å²) in [4.78, 5) is 41.7. The number of likely N-dealkylation sites (tertiary alicyclic amines) is 1. The largest absolute Gasteiger partial charge is 0.340 e. The van der Waals surface area contributed by atoms with Crippen molar-refractivity contribution in [2.24, 2.45) is 0 Å². The van der Waals surface area contributed by atoms with Crippen molar-refractivity contribution in [2.75, 3.05) is 20.1 Å². The highest BCUT2D eigenvalue weighted by atomic mass is 16.2. The lowest BCUT2D eigenvalue weighted by Crippen LogP contribution is -2.49. The molecule has 138 valence electrons. The molecular formula is C19H24N4O3. The first-order valence-electron chi connectivity index (χ1n) is 8.84. The number of likely N-dealkylation sites (N-methyl/N-ethyl adjacent to an activating group) is 1. The van der Waals surface area contributed by atoms with Crippen LogP contribution < -0.4 is 11.2 Å². The van der Waals surface area contributed by atoms with Crippen LogP contribution >= 0.6 is 0 Å². The maximum Gasteiger partial charge on any atom is 0.328 e. The number of H-pyrrole nitrogens is 1. The number of hydrogen-bond donors (Lipinski definition) is 1. The summed E-state index contributed by atoms with van der Waals surface area (Å²) in [6.45, 7) is 2.64. The molecule has 0 bridgehead atoms. The van der Waals surface area contributed by atoms with Gasteiger partial charge in [-0.2, -0.15) is 0 Å². The van der Waals surface area contributed by atoms with E-state index in [0.717, 1.165) is 32.5 Å². The average molecular weight is 356 g/mol. The Hall–Kier alpha value is -2.67. The molecule has 1 aliphatic rings. The molecule has 0 radical (unpaired) electrons. The van der Waals surface area contributed by atoms with E-state index in [-0.39, 0.29) is 18.5 Å². The summed E-state index contributed by atoms with van der Waals surface area (Å²) in [6.07, 6.45) is 3.34. The molecule has 0 spiro atoms. The first kappa shape index (κ1) is 18.1. The molecule has 1 N–H and O–H groups in total. The number of aromatic nitrogens is 2. The molecular weight excluding hydrogens is 332 g/mol. The lowest BCUT2D eigenvalue weighted by molar-refractivity contribution is -0.133. The van der Waals surface area contributed by atoms with Crippen LogP contribution in [-0.2, 0) is 17.9 Å². The number of carbonyl (C=O) groups excluding carboxylic acids is 1. The fraction of sp³-hybridized carbons (Fsp3) is 0.421. The molecule has 7 nitrogen and oxygen atoms in total. The lowest BCUT2D eigenvalue weighted by atomic mass is 10.0. The molecule has 1 aliphatic heterocycles. The first-order valence-corrected chi connectivity index (χ1v) is 8.84. The van der Waals surface area contributed by atoms with E-state index >= 15 is 0 Å². The van der Waals surface area contributed by atoms with Crippen molar-refractivity contribution in [3.8, 4) is 0 Å². The van der Waals surface area contributed by atoms with Crippen molar-refractivity contribution >= 4 is 5.91 Å². The van der Waals surface area contributed by atoms with E-state index in [1.807, 2.05) is 18.2 Å². The topological polar surface area (TPSA) is 78.4 Å². The van der Waals surface area contributed by atoms with E-state index in [1.165, 1.54) is 22.4 Å². The van der Waals surface area contributed by atoms with Gasteiger partial charge in [-0.3, -0.25) is 24.0 Å². The third-order valence-corrected chi connectivity index (χ3v) is 4.87. The molecule has 1 aromatic heterocycles. The summed E-state index contributed by atoms with van der Waals surface area (Å²) in [5, 5.41) is 0. The van der Waals surface area contributed by atoms with Gasteiger partial charge in [0.2, 0.25) is 5.91 Å². The van der Waals surface area contributed by atoms with Crippen molar-refractivity contribution in [3.05, 3.63) is 69.0 Å². The second-order valence-electron chi connectivity index (χ2n) is 6.76. The zero-order valence-corrected chi connectivity index (χ0v) is 14.9. The van der Waals surface area contributed by atoms with Crippen LogP contribution in [-0.4, -0.2) is 51.4 Å². The minimum atomic E-state index is -0.561. The van der Waals surface area contributed by atoms with Gasteiger partial charge in [-0.05, 0) is 24.9 Å². The fourth-order valence-corrected chi connectivity index (χ4v) is 3.36. The Morgan fingerprint density at radius 2 is 2.00 bits per heavy atom. The zero-order valence-electron chi connectivity index (χ0n) is 14.9. The minimum absolute atomic E-state index is 0.0682. The summed E-state index contributed by atoms with van der Waals surface area (Å²) in [5.41, 5.74) is 0.242. The highest BCUT2D eigenvalue weighted by Gasteiger charge is 2.26. The maximum absolute atomic E-state index is 12.6. The van der Waals surface area contributed by atoms with Crippen LogP contribution in [0.5, 0.6) is 0 Å². The van der Waals surface area contributed by atoms with Crippen molar-refractivity contribution in [1.82, 2.24) is 19.4 Å². The molecule has 1 amide bonds. The molecule has 0 saturated carbocycles. The van der Waals surface area contributed by atoms with Crippen LogP contribution in [0.2, 0.25) is 0 Å². The Kier molecular flexibility index (Phi) is 5.68. The first-order chi connectivity index (χ1) is 12.5. The van der Waals surface area contributed by atoms with Gasteiger partial charge in [0.15, 0.2) is 0 Å².